The highest BCUT2D eigenvalue weighted by atomic mass is 32.1. The average molecular weight is 461 g/mol. The number of thiophene rings is 1. The van der Waals surface area contributed by atoms with Crippen molar-refractivity contribution in [3.8, 4) is 5.75 Å². The quantitative estimate of drug-likeness (QED) is 0.409. The van der Waals surface area contributed by atoms with Gasteiger partial charge in [-0.2, -0.15) is 0 Å². The second-order valence-corrected chi connectivity index (χ2v) is 8.55. The molecule has 8 nitrogen and oxygen atoms in total. The number of rotatable bonds is 6. The van der Waals surface area contributed by atoms with Crippen LogP contribution >= 0.6 is 11.3 Å². The number of nitrogens with one attached hydrogen (secondary N) is 3. The Bertz CT molecular complexity index is 1410. The second-order valence-electron chi connectivity index (χ2n) is 7.69. The van der Waals surface area contributed by atoms with E-state index >= 15 is 0 Å². The fourth-order valence-corrected chi connectivity index (χ4v) is 4.70. The average Bonchev–Trinajstić information content (AvgIpc) is 3.25. The molecule has 4 aromatic rings. The molecule has 2 aromatic carbocycles. The van der Waals surface area contributed by atoms with Gasteiger partial charge in [-0.15, -0.1) is 11.3 Å². The molecule has 33 heavy (non-hydrogen) atoms. The number of benzene rings is 2. The van der Waals surface area contributed by atoms with Crippen molar-refractivity contribution in [3.05, 3.63) is 86.8 Å². The zero-order valence-corrected chi connectivity index (χ0v) is 18.3. The number of hydrogen-bond donors (Lipinski definition) is 3. The number of aromatic amines is 1. The first-order chi connectivity index (χ1) is 16.1. The summed E-state index contributed by atoms with van der Waals surface area (Å²) in [5.74, 6) is -0.149. The minimum Gasteiger partial charge on any atom is -0.482 e. The van der Waals surface area contributed by atoms with Gasteiger partial charge in [-0.1, -0.05) is 36.4 Å². The molecule has 0 aliphatic carbocycles. The van der Waals surface area contributed by atoms with Crippen molar-refractivity contribution in [2.24, 2.45) is 0 Å². The topological polar surface area (TPSA) is 113 Å². The number of aromatic nitrogens is 2. The molecule has 9 heteroatoms. The Morgan fingerprint density at radius 3 is 2.79 bits per heavy atom. The van der Waals surface area contributed by atoms with Gasteiger partial charge in [0, 0.05) is 6.54 Å². The van der Waals surface area contributed by atoms with Gasteiger partial charge in [0.05, 0.1) is 11.1 Å². The molecule has 3 heterocycles. The molecule has 0 saturated heterocycles. The van der Waals surface area contributed by atoms with Crippen molar-refractivity contribution in [3.63, 3.8) is 0 Å². The van der Waals surface area contributed by atoms with Gasteiger partial charge in [0.25, 0.3) is 17.4 Å². The minimum absolute atomic E-state index is 0.0126. The third-order valence-electron chi connectivity index (χ3n) is 5.39. The van der Waals surface area contributed by atoms with Crippen molar-refractivity contribution in [1.29, 1.82) is 0 Å². The summed E-state index contributed by atoms with van der Waals surface area (Å²) in [6, 6.07) is 15.4. The van der Waals surface area contributed by atoms with Crippen LogP contribution in [-0.4, -0.2) is 28.4 Å². The molecule has 3 N–H and O–H groups in total. The van der Waals surface area contributed by atoms with Gasteiger partial charge in [-0.25, -0.2) is 4.98 Å². The largest absolute Gasteiger partial charge is 0.482 e. The number of anilines is 1. The van der Waals surface area contributed by atoms with E-state index in [0.29, 0.717) is 21.7 Å². The number of fused-ring (bicyclic) bond motifs is 2. The van der Waals surface area contributed by atoms with Crippen molar-refractivity contribution < 1.29 is 14.3 Å². The van der Waals surface area contributed by atoms with Crippen LogP contribution in [0.5, 0.6) is 5.75 Å². The van der Waals surface area contributed by atoms with E-state index in [1.165, 1.54) is 16.9 Å². The molecule has 0 saturated carbocycles. The molecular weight excluding hydrogens is 440 g/mol. The highest BCUT2D eigenvalue weighted by Crippen LogP contribution is 2.28. The van der Waals surface area contributed by atoms with Gasteiger partial charge in [0.2, 0.25) is 5.82 Å². The van der Waals surface area contributed by atoms with Crippen LogP contribution in [0.4, 0.5) is 5.69 Å². The predicted octanol–water partition coefficient (Wildman–Crippen LogP) is 3.03. The van der Waals surface area contributed by atoms with Crippen LogP contribution in [0.2, 0.25) is 0 Å². The number of aryl methyl sites for hydroxylation is 2. The summed E-state index contributed by atoms with van der Waals surface area (Å²) in [5.41, 5.74) is 3.15. The monoisotopic (exact) mass is 460 g/mol. The van der Waals surface area contributed by atoms with E-state index in [1.54, 1.807) is 18.2 Å². The Kier molecular flexibility index (Phi) is 5.62. The molecule has 0 atom stereocenters. The zero-order chi connectivity index (χ0) is 22.8. The van der Waals surface area contributed by atoms with Crippen LogP contribution in [0.15, 0.2) is 58.7 Å². The Labute approximate surface area is 192 Å². The molecule has 0 fully saturated rings. The predicted molar refractivity (Wildman–Crippen MR) is 126 cm³/mol. The summed E-state index contributed by atoms with van der Waals surface area (Å²) in [4.78, 5) is 44.4. The van der Waals surface area contributed by atoms with Crippen molar-refractivity contribution in [1.82, 2.24) is 15.3 Å². The zero-order valence-electron chi connectivity index (χ0n) is 17.5. The Morgan fingerprint density at radius 2 is 1.94 bits per heavy atom. The van der Waals surface area contributed by atoms with Crippen LogP contribution in [0.3, 0.4) is 0 Å². The maximum Gasteiger partial charge on any atom is 0.287 e. The number of amides is 2. The van der Waals surface area contributed by atoms with Gasteiger partial charge in [0.15, 0.2) is 6.61 Å². The van der Waals surface area contributed by atoms with Crippen LogP contribution in [-0.2, 0) is 24.2 Å². The maximum atomic E-state index is 12.7. The second kappa shape index (κ2) is 8.87. The standard InChI is InChI=1S/C24H20N4O4S/c29-19-12-32-18-9-7-15(10-17(18)26-19)11-25-23(31)21-27-22(30)20-16(13-33-24(20)28-21)8-6-14-4-2-1-3-5-14/h1-5,7,9-10,13H,6,8,11-12H2,(H,25,31)(H,26,29)(H,27,28,30). The smallest absolute Gasteiger partial charge is 0.287 e. The number of H-pyrrole nitrogens is 1. The lowest BCUT2D eigenvalue weighted by molar-refractivity contribution is -0.118. The first-order valence-corrected chi connectivity index (χ1v) is 11.3. The van der Waals surface area contributed by atoms with Gasteiger partial charge in [-0.05, 0) is 47.0 Å². The Morgan fingerprint density at radius 1 is 1.09 bits per heavy atom. The van der Waals surface area contributed by atoms with Crippen molar-refractivity contribution in [2.75, 3.05) is 11.9 Å². The summed E-state index contributed by atoms with van der Waals surface area (Å²) >= 11 is 1.36. The van der Waals surface area contributed by atoms with E-state index in [0.717, 1.165) is 24.0 Å². The third-order valence-corrected chi connectivity index (χ3v) is 6.31. The van der Waals surface area contributed by atoms with E-state index in [4.69, 9.17) is 4.74 Å². The number of ether oxygens (including phenoxy) is 1. The summed E-state index contributed by atoms with van der Waals surface area (Å²) in [5, 5.41) is 7.96. The van der Waals surface area contributed by atoms with Crippen molar-refractivity contribution >= 4 is 39.1 Å². The molecule has 0 unspecified atom stereocenters. The van der Waals surface area contributed by atoms with Gasteiger partial charge in [-0.3, -0.25) is 14.4 Å². The van der Waals surface area contributed by atoms with Gasteiger partial charge >= 0.3 is 0 Å². The molecule has 0 radical (unpaired) electrons. The minimum atomic E-state index is -0.480. The van der Waals surface area contributed by atoms with Gasteiger partial charge in [0.1, 0.15) is 10.6 Å². The van der Waals surface area contributed by atoms with E-state index in [1.807, 2.05) is 23.6 Å². The number of carbonyl (C=O) groups excluding carboxylic acids is 2. The van der Waals surface area contributed by atoms with Gasteiger partial charge < -0.3 is 20.4 Å². The molecule has 166 valence electrons. The molecule has 0 spiro atoms. The summed E-state index contributed by atoms with van der Waals surface area (Å²) in [7, 11) is 0. The van der Waals surface area contributed by atoms with E-state index < -0.39 is 5.91 Å². The van der Waals surface area contributed by atoms with Crippen LogP contribution in [0, 0.1) is 0 Å². The normalized spacial score (nSPS) is 12.7. The Hall–Kier alpha value is -3.98. The molecule has 2 aromatic heterocycles. The van der Waals surface area contributed by atoms with Crippen LogP contribution < -0.4 is 20.9 Å². The summed E-state index contributed by atoms with van der Waals surface area (Å²) < 4.78 is 5.34. The number of carbonyl (C=O) groups is 2. The number of nitrogens with zero attached hydrogens (tertiary/aromatic N) is 1. The molecule has 5 rings (SSSR count). The molecule has 2 amide bonds. The van der Waals surface area contributed by atoms with Crippen molar-refractivity contribution in [2.45, 2.75) is 19.4 Å². The number of hydrogen-bond acceptors (Lipinski definition) is 6. The fourth-order valence-electron chi connectivity index (χ4n) is 3.73. The summed E-state index contributed by atoms with van der Waals surface area (Å²) in [6.45, 7) is 0.192. The molecule has 1 aliphatic heterocycles. The summed E-state index contributed by atoms with van der Waals surface area (Å²) in [6.07, 6.45) is 1.54. The Balaban J connectivity index is 1.29. The molecule has 1 aliphatic rings. The SMILES string of the molecule is O=C1COc2ccc(CNC(=O)c3nc4scc(CCc5ccccc5)c4c(=O)[nH]3)cc2N1. The maximum absolute atomic E-state index is 12.7. The lowest BCUT2D eigenvalue weighted by atomic mass is 10.1. The molecule has 0 bridgehead atoms. The highest BCUT2D eigenvalue weighted by molar-refractivity contribution is 7.16. The third kappa shape index (κ3) is 4.49. The van der Waals surface area contributed by atoms with E-state index in [-0.39, 0.29) is 30.4 Å². The lowest BCUT2D eigenvalue weighted by Crippen LogP contribution is -2.28. The van der Waals surface area contributed by atoms with Crippen LogP contribution in [0.1, 0.15) is 27.3 Å². The first kappa shape index (κ1) is 20.9. The van der Waals surface area contributed by atoms with E-state index in [9.17, 15) is 14.4 Å². The van der Waals surface area contributed by atoms with E-state index in [2.05, 4.69) is 32.7 Å². The lowest BCUT2D eigenvalue weighted by Gasteiger charge is -2.18. The molecular formula is C24H20N4O4S. The van der Waals surface area contributed by atoms with Crippen LogP contribution in [0.25, 0.3) is 10.2 Å². The highest BCUT2D eigenvalue weighted by Gasteiger charge is 2.18. The first-order valence-electron chi connectivity index (χ1n) is 10.4. The fraction of sp³-hybridized carbons (Fsp3) is 0.167.